The molecule has 3 heteroatoms. The van der Waals surface area contributed by atoms with Crippen molar-refractivity contribution in [2.75, 3.05) is 0 Å². The number of hydrogen-bond acceptors (Lipinski definition) is 2. The van der Waals surface area contributed by atoms with Crippen molar-refractivity contribution < 1.29 is 15.0 Å². The molecule has 0 spiro atoms. The van der Waals surface area contributed by atoms with E-state index >= 15 is 0 Å². The van der Waals surface area contributed by atoms with Gasteiger partial charge in [-0.2, -0.15) is 0 Å². The van der Waals surface area contributed by atoms with Gasteiger partial charge < -0.3 is 10.2 Å². The highest BCUT2D eigenvalue weighted by Crippen LogP contribution is 2.13. The van der Waals surface area contributed by atoms with Gasteiger partial charge in [-0.3, -0.25) is 0 Å². The highest BCUT2D eigenvalue weighted by Gasteiger charge is 1.94. The number of hydrogen-bond donors (Lipinski definition) is 2. The molecule has 0 radical (unpaired) electrons. The Morgan fingerprint density at radius 3 is 1.36 bits per heavy atom. The Labute approximate surface area is 222 Å². The van der Waals surface area contributed by atoms with Crippen molar-refractivity contribution >= 4 is 5.97 Å². The summed E-state index contributed by atoms with van der Waals surface area (Å²) < 4.78 is 0. The molecule has 0 fully saturated rings. The van der Waals surface area contributed by atoms with Crippen LogP contribution in [0.2, 0.25) is 0 Å². The third-order valence-corrected chi connectivity index (χ3v) is 6.27. The van der Waals surface area contributed by atoms with Gasteiger partial charge in [0.15, 0.2) is 0 Å². The number of aliphatic carboxylic acids is 1. The fraction of sp³-hybridized carbons (Fsp3) is 0.667. The number of aliphatic hydroxyl groups is 1. The first-order chi connectivity index (χ1) is 17.7. The molecule has 0 heterocycles. The molecule has 0 saturated heterocycles. The van der Waals surface area contributed by atoms with Gasteiger partial charge in [0, 0.05) is 5.92 Å². The molecule has 1 unspecified atom stereocenters. The molecule has 0 bridgehead atoms. The maximum absolute atomic E-state index is 10.2. The van der Waals surface area contributed by atoms with E-state index in [0.717, 1.165) is 19.3 Å². The smallest absolute Gasteiger partial charge is 0.382 e. The molecule has 0 aromatic carbocycles. The summed E-state index contributed by atoms with van der Waals surface area (Å²) in [7, 11) is 0. The van der Waals surface area contributed by atoms with Crippen LogP contribution in [0.25, 0.3) is 0 Å². The fourth-order valence-electron chi connectivity index (χ4n) is 4.11. The Morgan fingerprint density at radius 2 is 0.972 bits per heavy atom. The van der Waals surface area contributed by atoms with E-state index in [1.807, 2.05) is 12.2 Å². The Kier molecular flexibility index (Phi) is 27.2. The first kappa shape index (κ1) is 33.8. The number of carboxylic acids is 1. The quantitative estimate of drug-likeness (QED) is 0.0796. The van der Waals surface area contributed by atoms with Crippen molar-refractivity contribution in [3.8, 4) is 24.2 Å². The molecule has 36 heavy (non-hydrogen) atoms. The lowest BCUT2D eigenvalue weighted by Crippen LogP contribution is -1.95. The monoisotopic (exact) mass is 496 g/mol. The van der Waals surface area contributed by atoms with E-state index in [1.165, 1.54) is 116 Å². The first-order valence-electron chi connectivity index (χ1n) is 14.5. The van der Waals surface area contributed by atoms with Crippen LogP contribution in [0, 0.1) is 24.2 Å². The SMILES string of the molecule is C#CC(O)/C=C/CCCCCCCCCCCC/C=C\CCCCCCCCC/C=C\C#CC(=O)O. The summed E-state index contributed by atoms with van der Waals surface area (Å²) in [6.45, 7) is 0. The highest BCUT2D eigenvalue weighted by atomic mass is 16.4. The maximum Gasteiger partial charge on any atom is 0.382 e. The van der Waals surface area contributed by atoms with Gasteiger partial charge in [0.25, 0.3) is 0 Å². The zero-order valence-corrected chi connectivity index (χ0v) is 22.8. The van der Waals surface area contributed by atoms with Crippen molar-refractivity contribution in [2.24, 2.45) is 0 Å². The molecule has 1 atom stereocenters. The van der Waals surface area contributed by atoms with Crippen LogP contribution in [-0.4, -0.2) is 22.3 Å². The summed E-state index contributed by atoms with van der Waals surface area (Å²) in [4.78, 5) is 10.2. The molecule has 0 aromatic heterocycles. The lowest BCUT2D eigenvalue weighted by Gasteiger charge is -2.02. The summed E-state index contributed by atoms with van der Waals surface area (Å²) >= 11 is 0. The number of terminal acetylenes is 1. The summed E-state index contributed by atoms with van der Waals surface area (Å²) in [6, 6.07) is 0. The molecule has 0 amide bonds. The zero-order valence-electron chi connectivity index (χ0n) is 22.8. The van der Waals surface area contributed by atoms with E-state index in [1.54, 1.807) is 12.2 Å². The van der Waals surface area contributed by atoms with E-state index in [-0.39, 0.29) is 0 Å². The molecule has 0 aromatic rings. The number of rotatable bonds is 24. The van der Waals surface area contributed by atoms with Crippen LogP contribution in [0.5, 0.6) is 0 Å². The Bertz CT molecular complexity index is 684. The second kappa shape index (κ2) is 29.0. The van der Waals surface area contributed by atoms with Crippen LogP contribution in [0.3, 0.4) is 0 Å². The largest absolute Gasteiger partial charge is 0.472 e. The van der Waals surface area contributed by atoms with Crippen molar-refractivity contribution in [1.29, 1.82) is 0 Å². The Hall–Kier alpha value is -2.23. The number of unbranched alkanes of at least 4 members (excludes halogenated alkanes) is 19. The normalized spacial score (nSPS) is 12.2. The lowest BCUT2D eigenvalue weighted by molar-refractivity contribution is -0.130. The molecular weight excluding hydrogens is 444 g/mol. The predicted octanol–water partition coefficient (Wildman–Crippen LogP) is 8.93. The first-order valence-corrected chi connectivity index (χ1v) is 14.5. The molecule has 0 aliphatic heterocycles. The summed E-state index contributed by atoms with van der Waals surface area (Å²) in [5.74, 6) is 5.81. The van der Waals surface area contributed by atoms with Crippen LogP contribution >= 0.6 is 0 Å². The average molecular weight is 497 g/mol. The summed E-state index contributed by atoms with van der Waals surface area (Å²) in [5.41, 5.74) is 0. The number of carbonyl (C=O) groups is 1. The van der Waals surface area contributed by atoms with Crippen LogP contribution in [0.1, 0.15) is 135 Å². The van der Waals surface area contributed by atoms with E-state index in [4.69, 9.17) is 11.5 Å². The molecule has 0 rings (SSSR count). The van der Waals surface area contributed by atoms with Gasteiger partial charge >= 0.3 is 5.97 Å². The summed E-state index contributed by atoms with van der Waals surface area (Å²) in [5, 5.41) is 17.6. The van der Waals surface area contributed by atoms with E-state index < -0.39 is 12.1 Å². The Balaban J connectivity index is 3.21. The van der Waals surface area contributed by atoms with Gasteiger partial charge in [0.05, 0.1) is 0 Å². The van der Waals surface area contributed by atoms with Crippen molar-refractivity contribution in [3.05, 3.63) is 36.5 Å². The number of carboxylic acid groups (broad SMARTS) is 1. The topological polar surface area (TPSA) is 57.5 Å². The van der Waals surface area contributed by atoms with Crippen LogP contribution in [0.4, 0.5) is 0 Å². The van der Waals surface area contributed by atoms with Gasteiger partial charge in [-0.1, -0.05) is 120 Å². The lowest BCUT2D eigenvalue weighted by atomic mass is 10.0. The number of aliphatic hydroxyl groups excluding tert-OH is 1. The standard InChI is InChI=1S/C33H52O3/c1-2-32(34)30-28-26-24-22-20-18-16-14-12-10-8-6-4-3-5-7-9-11-13-15-17-19-21-23-25-27-29-31-33(35)36/h1,3,5,25,27-28,30,32,34H,4,6-24,26H2,(H,35,36)/b5-3-,27-25-,30-28+. The van der Waals surface area contributed by atoms with Gasteiger partial charge in [-0.05, 0) is 63.5 Å². The van der Waals surface area contributed by atoms with Gasteiger partial charge in [-0.25, -0.2) is 4.79 Å². The minimum absolute atomic E-state index is 0.722. The molecule has 0 saturated carbocycles. The molecule has 2 N–H and O–H groups in total. The van der Waals surface area contributed by atoms with Crippen LogP contribution in [-0.2, 0) is 4.79 Å². The van der Waals surface area contributed by atoms with Crippen molar-refractivity contribution in [1.82, 2.24) is 0 Å². The van der Waals surface area contributed by atoms with Crippen LogP contribution in [0.15, 0.2) is 36.5 Å². The number of allylic oxidation sites excluding steroid dienone is 5. The van der Waals surface area contributed by atoms with Gasteiger partial charge in [-0.15, -0.1) is 6.42 Å². The van der Waals surface area contributed by atoms with Crippen LogP contribution < -0.4 is 0 Å². The van der Waals surface area contributed by atoms with Gasteiger partial charge in [0.1, 0.15) is 6.10 Å². The van der Waals surface area contributed by atoms with E-state index in [0.29, 0.717) is 0 Å². The average Bonchev–Trinajstić information content (AvgIpc) is 2.87. The fourth-order valence-corrected chi connectivity index (χ4v) is 4.11. The molecule has 0 aliphatic rings. The molecule has 202 valence electrons. The molecular formula is C33H52O3. The molecule has 0 aliphatic carbocycles. The zero-order chi connectivity index (χ0) is 26.4. The third kappa shape index (κ3) is 29.8. The van der Waals surface area contributed by atoms with E-state index in [9.17, 15) is 9.90 Å². The second-order valence-electron chi connectivity index (χ2n) is 9.65. The van der Waals surface area contributed by atoms with Gasteiger partial charge in [0.2, 0.25) is 0 Å². The Morgan fingerprint density at radius 1 is 0.611 bits per heavy atom. The maximum atomic E-state index is 10.2. The molecule has 3 nitrogen and oxygen atoms in total. The van der Waals surface area contributed by atoms with Crippen molar-refractivity contribution in [2.45, 2.75) is 141 Å². The van der Waals surface area contributed by atoms with E-state index in [2.05, 4.69) is 29.9 Å². The predicted molar refractivity (Wildman–Crippen MR) is 155 cm³/mol. The minimum atomic E-state index is -1.07. The minimum Gasteiger partial charge on any atom is -0.472 e. The van der Waals surface area contributed by atoms with Crippen molar-refractivity contribution in [3.63, 3.8) is 0 Å². The summed E-state index contributed by atoms with van der Waals surface area (Å²) in [6.07, 6.45) is 43.3. The highest BCUT2D eigenvalue weighted by molar-refractivity contribution is 5.86. The third-order valence-electron chi connectivity index (χ3n) is 6.27. The second-order valence-corrected chi connectivity index (χ2v) is 9.65.